The van der Waals surface area contributed by atoms with Crippen molar-refractivity contribution in [3.05, 3.63) is 70.7 Å². The molecule has 0 aliphatic heterocycles. The van der Waals surface area contributed by atoms with E-state index >= 15 is 0 Å². The Morgan fingerprint density at radius 1 is 1.23 bits per heavy atom. The van der Waals surface area contributed by atoms with Gasteiger partial charge in [0.1, 0.15) is 11.8 Å². The number of hydrogen-bond donors (Lipinski definition) is 1. The van der Waals surface area contributed by atoms with E-state index in [2.05, 4.69) is 15.2 Å². The number of ether oxygens (including phenoxy) is 1. The van der Waals surface area contributed by atoms with E-state index in [4.69, 9.17) is 0 Å². The Morgan fingerprint density at radius 2 is 2.00 bits per heavy atom. The number of carbonyl (C=O) groups excluding carboxylic acids is 1. The third-order valence-corrected chi connectivity index (χ3v) is 4.50. The molecule has 2 aromatic heterocycles. The maximum absolute atomic E-state index is 12.3. The van der Waals surface area contributed by atoms with E-state index in [1.165, 1.54) is 12.1 Å². The molecule has 1 aromatic carbocycles. The molecule has 0 unspecified atom stereocenters. The standard InChI is InChI=1S/C17H14F3N3O2S/c18-17(19,20)25-13-6-4-12(5-7-13)16(24)21-11-14(15-3-1-10-26-15)23-9-2-8-22-23/h1-10,14H,11H2,(H,21,24)/t14-/m0/s1. The zero-order chi connectivity index (χ0) is 18.6. The number of thiophene rings is 1. The van der Waals surface area contributed by atoms with Crippen LogP contribution in [0.4, 0.5) is 13.2 Å². The highest BCUT2D eigenvalue weighted by molar-refractivity contribution is 7.10. The molecule has 26 heavy (non-hydrogen) atoms. The van der Waals surface area contributed by atoms with Gasteiger partial charge in [0.2, 0.25) is 0 Å². The maximum atomic E-state index is 12.3. The van der Waals surface area contributed by atoms with Gasteiger partial charge < -0.3 is 10.1 Å². The first-order valence-electron chi connectivity index (χ1n) is 7.59. The Hall–Kier alpha value is -2.81. The molecule has 1 atom stereocenters. The smallest absolute Gasteiger partial charge is 0.406 e. The van der Waals surface area contributed by atoms with Gasteiger partial charge in [-0.15, -0.1) is 24.5 Å². The van der Waals surface area contributed by atoms with Gasteiger partial charge in [-0.3, -0.25) is 9.48 Å². The predicted octanol–water partition coefficient (Wildman–Crippen LogP) is 3.86. The molecule has 2 heterocycles. The van der Waals surface area contributed by atoms with Crippen LogP contribution in [-0.2, 0) is 0 Å². The fourth-order valence-corrected chi connectivity index (χ4v) is 3.19. The van der Waals surface area contributed by atoms with Gasteiger partial charge in [-0.05, 0) is 41.8 Å². The second kappa shape index (κ2) is 7.61. The van der Waals surface area contributed by atoms with Crippen LogP contribution in [0.15, 0.2) is 60.2 Å². The molecular weight excluding hydrogens is 367 g/mol. The molecule has 1 amide bonds. The fraction of sp³-hybridized carbons (Fsp3) is 0.176. The Bertz CT molecular complexity index is 797. The molecule has 5 nitrogen and oxygen atoms in total. The maximum Gasteiger partial charge on any atom is 0.573 e. The van der Waals surface area contributed by atoms with Crippen LogP contribution in [0.3, 0.4) is 0 Å². The molecule has 0 radical (unpaired) electrons. The summed E-state index contributed by atoms with van der Waals surface area (Å²) >= 11 is 1.55. The molecule has 9 heteroatoms. The van der Waals surface area contributed by atoms with Crippen LogP contribution in [0, 0.1) is 0 Å². The van der Waals surface area contributed by atoms with Gasteiger partial charge in [-0.25, -0.2) is 0 Å². The lowest BCUT2D eigenvalue weighted by atomic mass is 10.2. The lowest BCUT2D eigenvalue weighted by Gasteiger charge is -2.17. The molecule has 3 aromatic rings. The minimum absolute atomic E-state index is 0.165. The summed E-state index contributed by atoms with van der Waals surface area (Å²) in [5, 5.41) is 8.94. The molecule has 0 saturated carbocycles. The largest absolute Gasteiger partial charge is 0.573 e. The second-order valence-electron chi connectivity index (χ2n) is 5.30. The average Bonchev–Trinajstić information content (AvgIpc) is 3.28. The summed E-state index contributed by atoms with van der Waals surface area (Å²) in [7, 11) is 0. The predicted molar refractivity (Wildman–Crippen MR) is 90.1 cm³/mol. The number of amides is 1. The van der Waals surface area contributed by atoms with Gasteiger partial charge in [-0.1, -0.05) is 6.07 Å². The van der Waals surface area contributed by atoms with Gasteiger partial charge in [0, 0.05) is 29.4 Å². The molecular formula is C17H14F3N3O2S. The molecule has 3 rings (SSSR count). The number of hydrogen-bond acceptors (Lipinski definition) is 4. The monoisotopic (exact) mass is 381 g/mol. The lowest BCUT2D eigenvalue weighted by molar-refractivity contribution is -0.274. The van der Waals surface area contributed by atoms with E-state index in [0.29, 0.717) is 6.54 Å². The minimum atomic E-state index is -4.76. The number of aromatic nitrogens is 2. The number of alkyl halides is 3. The van der Waals surface area contributed by atoms with Crippen LogP contribution in [0.1, 0.15) is 21.3 Å². The van der Waals surface area contributed by atoms with E-state index < -0.39 is 12.3 Å². The van der Waals surface area contributed by atoms with Crippen molar-refractivity contribution in [2.24, 2.45) is 0 Å². The van der Waals surface area contributed by atoms with Gasteiger partial charge in [0.05, 0.1) is 0 Å². The number of nitrogens with zero attached hydrogens (tertiary/aromatic N) is 2. The molecule has 0 spiro atoms. The highest BCUT2D eigenvalue weighted by Gasteiger charge is 2.31. The van der Waals surface area contributed by atoms with Crippen molar-refractivity contribution in [3.8, 4) is 5.75 Å². The highest BCUT2D eigenvalue weighted by Crippen LogP contribution is 2.24. The van der Waals surface area contributed by atoms with Crippen molar-refractivity contribution >= 4 is 17.2 Å². The first-order chi connectivity index (χ1) is 12.4. The van der Waals surface area contributed by atoms with Gasteiger partial charge in [-0.2, -0.15) is 5.10 Å². The summed E-state index contributed by atoms with van der Waals surface area (Å²) in [6.45, 7) is 0.293. The first-order valence-corrected chi connectivity index (χ1v) is 8.47. The van der Waals surface area contributed by atoms with Crippen molar-refractivity contribution in [2.45, 2.75) is 12.4 Å². The zero-order valence-corrected chi connectivity index (χ0v) is 14.1. The number of carbonyl (C=O) groups is 1. The molecule has 1 N–H and O–H groups in total. The summed E-state index contributed by atoms with van der Waals surface area (Å²) in [4.78, 5) is 13.3. The molecule has 0 fully saturated rings. The number of benzene rings is 1. The quantitative estimate of drug-likeness (QED) is 0.705. The normalized spacial score (nSPS) is 12.6. The minimum Gasteiger partial charge on any atom is -0.406 e. The van der Waals surface area contributed by atoms with Crippen LogP contribution in [0.2, 0.25) is 0 Å². The fourth-order valence-electron chi connectivity index (χ4n) is 2.37. The summed E-state index contributed by atoms with van der Waals surface area (Å²) in [6.07, 6.45) is -1.30. The Balaban J connectivity index is 1.65. The van der Waals surface area contributed by atoms with E-state index in [-0.39, 0.29) is 17.4 Å². The Morgan fingerprint density at radius 3 is 2.58 bits per heavy atom. The topological polar surface area (TPSA) is 56.2 Å². The van der Waals surface area contributed by atoms with Crippen molar-refractivity contribution in [2.75, 3.05) is 6.54 Å². The van der Waals surface area contributed by atoms with E-state index in [1.54, 1.807) is 34.5 Å². The molecule has 0 bridgehead atoms. The van der Waals surface area contributed by atoms with Crippen LogP contribution in [0.25, 0.3) is 0 Å². The number of nitrogens with one attached hydrogen (secondary N) is 1. The Kier molecular flexibility index (Phi) is 5.27. The average molecular weight is 381 g/mol. The van der Waals surface area contributed by atoms with Crippen LogP contribution < -0.4 is 10.1 Å². The van der Waals surface area contributed by atoms with Crippen molar-refractivity contribution in [3.63, 3.8) is 0 Å². The van der Waals surface area contributed by atoms with Gasteiger partial charge in [0.15, 0.2) is 0 Å². The van der Waals surface area contributed by atoms with Crippen molar-refractivity contribution in [1.82, 2.24) is 15.1 Å². The van der Waals surface area contributed by atoms with E-state index in [0.717, 1.165) is 17.0 Å². The molecule has 0 aliphatic carbocycles. The van der Waals surface area contributed by atoms with Crippen LogP contribution in [0.5, 0.6) is 5.75 Å². The third-order valence-electron chi connectivity index (χ3n) is 3.52. The van der Waals surface area contributed by atoms with Crippen molar-refractivity contribution in [1.29, 1.82) is 0 Å². The third kappa shape index (κ3) is 4.63. The Labute approximate surface area is 151 Å². The number of rotatable bonds is 6. The summed E-state index contributed by atoms with van der Waals surface area (Å²) in [5.41, 5.74) is 0.241. The SMILES string of the molecule is O=C(NC[C@@H](c1cccs1)n1cccn1)c1ccc(OC(F)(F)F)cc1. The number of halogens is 3. The van der Waals surface area contributed by atoms with Gasteiger partial charge in [0.25, 0.3) is 5.91 Å². The van der Waals surface area contributed by atoms with E-state index in [9.17, 15) is 18.0 Å². The van der Waals surface area contributed by atoms with Crippen molar-refractivity contribution < 1.29 is 22.7 Å². The molecule has 136 valence electrons. The summed E-state index contributed by atoms with van der Waals surface area (Å²) in [6, 6.07) is 10.3. The summed E-state index contributed by atoms with van der Waals surface area (Å²) < 4.78 is 42.0. The van der Waals surface area contributed by atoms with E-state index in [1.807, 2.05) is 17.5 Å². The lowest BCUT2D eigenvalue weighted by Crippen LogP contribution is -2.31. The first kappa shape index (κ1) is 18.0. The summed E-state index contributed by atoms with van der Waals surface area (Å²) in [5.74, 6) is -0.765. The molecule has 0 saturated heterocycles. The van der Waals surface area contributed by atoms with Crippen LogP contribution in [-0.4, -0.2) is 28.6 Å². The molecule has 0 aliphatic rings. The zero-order valence-electron chi connectivity index (χ0n) is 13.3. The van der Waals surface area contributed by atoms with Gasteiger partial charge >= 0.3 is 6.36 Å². The van der Waals surface area contributed by atoms with Crippen LogP contribution >= 0.6 is 11.3 Å². The highest BCUT2D eigenvalue weighted by atomic mass is 32.1. The second-order valence-corrected chi connectivity index (χ2v) is 6.28.